The number of aromatic nitrogens is 3. The molecular formula is C19H20N4OS2. The van der Waals surface area contributed by atoms with Gasteiger partial charge >= 0.3 is 0 Å². The van der Waals surface area contributed by atoms with Gasteiger partial charge < -0.3 is 9.88 Å². The molecule has 0 unspecified atom stereocenters. The van der Waals surface area contributed by atoms with Crippen molar-refractivity contribution in [3.63, 3.8) is 0 Å². The predicted molar refractivity (Wildman–Crippen MR) is 107 cm³/mol. The van der Waals surface area contributed by atoms with Gasteiger partial charge in [0.2, 0.25) is 5.91 Å². The summed E-state index contributed by atoms with van der Waals surface area (Å²) in [6.07, 6.45) is 3.33. The molecule has 0 spiro atoms. The molecule has 2 heterocycles. The maximum Gasteiger partial charge on any atom is 0.234 e. The first-order chi connectivity index (χ1) is 12.8. The van der Waals surface area contributed by atoms with E-state index in [1.807, 2.05) is 29.6 Å². The van der Waals surface area contributed by atoms with Crippen LogP contribution in [0.4, 0.5) is 5.69 Å². The molecule has 0 bridgehead atoms. The average Bonchev–Trinajstić information content (AvgIpc) is 3.38. The molecule has 1 aliphatic rings. The van der Waals surface area contributed by atoms with Crippen molar-refractivity contribution in [1.82, 2.24) is 14.8 Å². The first-order valence-corrected chi connectivity index (χ1v) is 10.6. The second-order valence-electron chi connectivity index (χ2n) is 6.16. The Morgan fingerprint density at radius 1 is 1.27 bits per heavy atom. The molecule has 1 N–H and O–H groups in total. The van der Waals surface area contributed by atoms with E-state index in [0.29, 0.717) is 5.75 Å². The first kappa shape index (κ1) is 17.3. The summed E-state index contributed by atoms with van der Waals surface area (Å²) in [6, 6.07) is 10.2. The van der Waals surface area contributed by atoms with Gasteiger partial charge in [-0.2, -0.15) is 0 Å². The zero-order valence-electron chi connectivity index (χ0n) is 14.6. The highest BCUT2D eigenvalue weighted by atomic mass is 32.2. The highest BCUT2D eigenvalue weighted by Gasteiger charge is 2.18. The lowest BCUT2D eigenvalue weighted by Gasteiger charge is -2.10. The number of carbonyl (C=O) groups is 1. The van der Waals surface area contributed by atoms with Gasteiger partial charge in [0, 0.05) is 12.2 Å². The van der Waals surface area contributed by atoms with E-state index in [0.717, 1.165) is 40.9 Å². The summed E-state index contributed by atoms with van der Waals surface area (Å²) in [5.41, 5.74) is 3.62. The van der Waals surface area contributed by atoms with Crippen molar-refractivity contribution in [3.05, 3.63) is 46.8 Å². The minimum atomic E-state index is -0.00127. The normalized spacial score (nSPS) is 13.0. The van der Waals surface area contributed by atoms with Gasteiger partial charge in [0.05, 0.1) is 10.6 Å². The van der Waals surface area contributed by atoms with Crippen molar-refractivity contribution in [3.8, 4) is 10.7 Å². The van der Waals surface area contributed by atoms with Crippen LogP contribution >= 0.6 is 23.1 Å². The van der Waals surface area contributed by atoms with Crippen molar-refractivity contribution in [2.45, 2.75) is 37.9 Å². The smallest absolute Gasteiger partial charge is 0.234 e. The van der Waals surface area contributed by atoms with Gasteiger partial charge in [-0.3, -0.25) is 4.79 Å². The minimum absolute atomic E-state index is 0.00127. The number of benzene rings is 1. The number of hydrogen-bond donors (Lipinski definition) is 1. The molecule has 0 saturated carbocycles. The van der Waals surface area contributed by atoms with Crippen LogP contribution in [0.5, 0.6) is 0 Å². The van der Waals surface area contributed by atoms with E-state index < -0.39 is 0 Å². The molecule has 0 radical (unpaired) electrons. The number of hydrogen-bond acceptors (Lipinski definition) is 5. The van der Waals surface area contributed by atoms with Gasteiger partial charge in [0.25, 0.3) is 0 Å². The van der Waals surface area contributed by atoms with Gasteiger partial charge in [0.15, 0.2) is 11.0 Å². The number of thioether (sulfide) groups is 1. The molecule has 1 aromatic carbocycles. The van der Waals surface area contributed by atoms with Crippen LogP contribution in [0.15, 0.2) is 40.9 Å². The number of thiophene rings is 1. The van der Waals surface area contributed by atoms with Crippen molar-refractivity contribution >= 4 is 34.7 Å². The zero-order chi connectivity index (χ0) is 17.9. The maximum absolute atomic E-state index is 12.4. The van der Waals surface area contributed by atoms with E-state index in [1.54, 1.807) is 11.3 Å². The molecule has 0 fully saturated rings. The number of fused-ring (bicyclic) bond motifs is 1. The molecule has 134 valence electrons. The zero-order valence-corrected chi connectivity index (χ0v) is 16.2. The number of carbonyl (C=O) groups excluding carboxylic acids is 1. The van der Waals surface area contributed by atoms with Crippen LogP contribution in [0.3, 0.4) is 0 Å². The number of anilines is 1. The predicted octanol–water partition coefficient (Wildman–Crippen LogP) is 4.25. The van der Waals surface area contributed by atoms with Crippen molar-refractivity contribution in [2.24, 2.45) is 0 Å². The molecule has 2 aromatic heterocycles. The third-order valence-corrected chi connectivity index (χ3v) is 6.36. The number of rotatable bonds is 6. The monoisotopic (exact) mass is 384 g/mol. The van der Waals surface area contributed by atoms with E-state index in [1.165, 1.54) is 29.3 Å². The Morgan fingerprint density at radius 2 is 2.19 bits per heavy atom. The molecule has 1 amide bonds. The SMILES string of the molecule is CCn1c(SCC(=O)Nc2cccc3c2CCC3)nnc1-c1cccs1. The van der Waals surface area contributed by atoms with Crippen molar-refractivity contribution in [1.29, 1.82) is 0 Å². The Balaban J connectivity index is 1.43. The van der Waals surface area contributed by atoms with Crippen molar-refractivity contribution < 1.29 is 4.79 Å². The maximum atomic E-state index is 12.4. The summed E-state index contributed by atoms with van der Waals surface area (Å²) in [6.45, 7) is 2.84. The van der Waals surface area contributed by atoms with Gasteiger partial charge in [0.1, 0.15) is 0 Å². The average molecular weight is 385 g/mol. The fraction of sp³-hybridized carbons (Fsp3) is 0.316. The third kappa shape index (κ3) is 3.41. The standard InChI is InChI=1S/C19H20N4OS2/c1-2-23-18(16-10-5-11-25-16)21-22-19(23)26-12-17(24)20-15-9-4-7-13-6-3-8-14(13)15/h4-5,7,9-11H,2-3,6,8,12H2,1H3,(H,20,24). The topological polar surface area (TPSA) is 59.8 Å². The Morgan fingerprint density at radius 3 is 3.00 bits per heavy atom. The number of nitrogens with one attached hydrogen (secondary N) is 1. The molecular weight excluding hydrogens is 364 g/mol. The largest absolute Gasteiger partial charge is 0.325 e. The van der Waals surface area contributed by atoms with E-state index in [2.05, 4.69) is 33.1 Å². The summed E-state index contributed by atoms with van der Waals surface area (Å²) in [4.78, 5) is 13.5. The molecule has 5 nitrogen and oxygen atoms in total. The molecule has 4 rings (SSSR count). The number of nitrogens with zero attached hydrogens (tertiary/aromatic N) is 3. The summed E-state index contributed by atoms with van der Waals surface area (Å²) in [7, 11) is 0. The van der Waals surface area contributed by atoms with E-state index in [9.17, 15) is 4.79 Å². The quantitative estimate of drug-likeness (QED) is 0.646. The van der Waals surface area contributed by atoms with Gasteiger partial charge in [-0.25, -0.2) is 0 Å². The van der Waals surface area contributed by atoms with E-state index in [4.69, 9.17) is 0 Å². The number of amides is 1. The highest BCUT2D eigenvalue weighted by molar-refractivity contribution is 7.99. The van der Waals surface area contributed by atoms with Crippen LogP contribution in [0, 0.1) is 0 Å². The van der Waals surface area contributed by atoms with Crippen LogP contribution in [0.1, 0.15) is 24.5 Å². The molecule has 0 aliphatic heterocycles. The Hall–Kier alpha value is -2.12. The summed E-state index contributed by atoms with van der Waals surface area (Å²) >= 11 is 3.08. The fourth-order valence-electron chi connectivity index (χ4n) is 3.32. The second kappa shape index (κ2) is 7.63. The fourth-order valence-corrected chi connectivity index (χ4v) is 4.84. The molecule has 7 heteroatoms. The third-order valence-electron chi connectivity index (χ3n) is 4.53. The lowest BCUT2D eigenvalue weighted by molar-refractivity contribution is -0.113. The first-order valence-electron chi connectivity index (χ1n) is 8.76. The Bertz CT molecular complexity index is 918. The lowest BCUT2D eigenvalue weighted by atomic mass is 10.1. The van der Waals surface area contributed by atoms with Crippen LogP contribution < -0.4 is 5.32 Å². The summed E-state index contributed by atoms with van der Waals surface area (Å²) in [5, 5.41) is 14.5. The van der Waals surface area contributed by atoms with Crippen LogP contribution in [-0.4, -0.2) is 26.4 Å². The van der Waals surface area contributed by atoms with Crippen molar-refractivity contribution in [2.75, 3.05) is 11.1 Å². The summed E-state index contributed by atoms with van der Waals surface area (Å²) < 4.78 is 2.06. The van der Waals surface area contributed by atoms with Gasteiger partial charge in [-0.15, -0.1) is 21.5 Å². The van der Waals surface area contributed by atoms with Crippen LogP contribution in [0.25, 0.3) is 10.7 Å². The van der Waals surface area contributed by atoms with E-state index in [-0.39, 0.29) is 5.91 Å². The molecule has 3 aromatic rings. The summed E-state index contributed by atoms with van der Waals surface area (Å²) in [5.74, 6) is 1.19. The Labute approximate surface area is 160 Å². The molecule has 1 aliphatic carbocycles. The van der Waals surface area contributed by atoms with Crippen LogP contribution in [-0.2, 0) is 24.2 Å². The van der Waals surface area contributed by atoms with Gasteiger partial charge in [-0.1, -0.05) is 30.0 Å². The highest BCUT2D eigenvalue weighted by Crippen LogP contribution is 2.30. The van der Waals surface area contributed by atoms with Crippen LogP contribution in [0.2, 0.25) is 0 Å². The van der Waals surface area contributed by atoms with Gasteiger partial charge in [-0.05, 0) is 54.8 Å². The molecule has 0 atom stereocenters. The van der Waals surface area contributed by atoms with E-state index >= 15 is 0 Å². The Kier molecular flexibility index (Phi) is 5.08. The minimum Gasteiger partial charge on any atom is -0.325 e. The second-order valence-corrected chi connectivity index (χ2v) is 8.05. The molecule has 0 saturated heterocycles. The lowest BCUT2D eigenvalue weighted by Crippen LogP contribution is -2.15. The number of aryl methyl sites for hydroxylation is 1. The molecule has 26 heavy (non-hydrogen) atoms.